The van der Waals surface area contributed by atoms with E-state index in [4.69, 9.17) is 18.9 Å². The van der Waals surface area contributed by atoms with E-state index in [2.05, 4.69) is 13.8 Å². The molecule has 0 heterocycles. The summed E-state index contributed by atoms with van der Waals surface area (Å²) in [4.78, 5) is 49.7. The van der Waals surface area contributed by atoms with Crippen molar-refractivity contribution in [2.75, 3.05) is 13.2 Å². The van der Waals surface area contributed by atoms with Gasteiger partial charge in [0.15, 0.2) is 11.5 Å². The van der Waals surface area contributed by atoms with Crippen molar-refractivity contribution in [3.8, 4) is 23.0 Å². The highest BCUT2D eigenvalue weighted by molar-refractivity contribution is 5.72. The molecule has 2 rings (SSSR count). The van der Waals surface area contributed by atoms with Crippen LogP contribution in [0, 0.1) is 0 Å². The Morgan fingerprint density at radius 1 is 0.389 bits per heavy atom. The van der Waals surface area contributed by atoms with Gasteiger partial charge < -0.3 is 18.9 Å². The van der Waals surface area contributed by atoms with E-state index in [0.717, 1.165) is 32.1 Å². The van der Waals surface area contributed by atoms with Gasteiger partial charge in [0.25, 0.3) is 0 Å². The molecule has 54 heavy (non-hydrogen) atoms. The number of ether oxygens (including phenoxy) is 4. The Bertz CT molecular complexity index is 1410. The predicted molar refractivity (Wildman–Crippen MR) is 219 cm³/mol. The number of hydrogen-bond acceptors (Lipinski definition) is 8. The number of hydrogen-bond donors (Lipinski definition) is 0. The fourth-order valence-corrected chi connectivity index (χ4v) is 6.23. The molecule has 2 aromatic rings. The molecule has 0 aliphatic rings. The summed E-state index contributed by atoms with van der Waals surface area (Å²) in [5.41, 5.74) is -0.778. The van der Waals surface area contributed by atoms with E-state index < -0.39 is 17.4 Å². The minimum atomic E-state index is -0.497. The molecule has 0 fully saturated rings. The van der Waals surface area contributed by atoms with Crippen LogP contribution in [0.1, 0.15) is 181 Å². The Morgan fingerprint density at radius 3 is 1.07 bits per heavy atom. The average molecular weight is 751 g/mol. The molecule has 0 N–H and O–H groups in total. The second-order valence-electron chi connectivity index (χ2n) is 14.5. The summed E-state index contributed by atoms with van der Waals surface area (Å²) in [6.45, 7) is 5.37. The van der Waals surface area contributed by atoms with Crippen molar-refractivity contribution in [2.45, 2.75) is 181 Å². The molecule has 0 saturated carbocycles. The first-order valence-electron chi connectivity index (χ1n) is 21.4. The number of rotatable bonds is 33. The highest BCUT2D eigenvalue weighted by Crippen LogP contribution is 2.17. The van der Waals surface area contributed by atoms with Crippen LogP contribution in [0.25, 0.3) is 0 Å². The van der Waals surface area contributed by atoms with Gasteiger partial charge in [-0.3, -0.25) is 19.2 Å². The Kier molecular flexibility index (Phi) is 27.2. The van der Waals surface area contributed by atoms with Crippen LogP contribution in [0.5, 0.6) is 23.0 Å². The van der Waals surface area contributed by atoms with Crippen molar-refractivity contribution < 1.29 is 28.5 Å². The molecule has 0 spiro atoms. The summed E-state index contributed by atoms with van der Waals surface area (Å²) >= 11 is 0. The van der Waals surface area contributed by atoms with Crippen molar-refractivity contribution in [1.29, 1.82) is 0 Å². The monoisotopic (exact) mass is 751 g/mol. The minimum Gasteiger partial charge on any atom is -0.494 e. The summed E-state index contributed by atoms with van der Waals surface area (Å²) in [6, 6.07) is 12.1. The zero-order valence-corrected chi connectivity index (χ0v) is 33.7. The molecule has 8 nitrogen and oxygen atoms in total. The highest BCUT2D eigenvalue weighted by atomic mass is 16.5. The summed E-state index contributed by atoms with van der Waals surface area (Å²) in [5, 5.41) is 0. The Balaban J connectivity index is 1.58. The maximum Gasteiger partial charge on any atom is 0.311 e. The van der Waals surface area contributed by atoms with Crippen LogP contribution in [0.15, 0.2) is 58.1 Å². The third-order valence-corrected chi connectivity index (χ3v) is 9.57. The Labute approximate surface area is 325 Å². The molecule has 0 amide bonds. The lowest BCUT2D eigenvalue weighted by atomic mass is 10.0. The van der Waals surface area contributed by atoms with Crippen LogP contribution in [-0.4, -0.2) is 25.2 Å². The van der Waals surface area contributed by atoms with Gasteiger partial charge in [0, 0.05) is 12.8 Å². The van der Waals surface area contributed by atoms with Gasteiger partial charge in [0.1, 0.15) is 11.5 Å². The van der Waals surface area contributed by atoms with E-state index in [-0.39, 0.29) is 29.8 Å². The lowest BCUT2D eigenvalue weighted by Crippen LogP contribution is -2.13. The minimum absolute atomic E-state index is 0.0194. The number of carbonyl (C=O) groups excluding carboxylic acids is 2. The summed E-state index contributed by atoms with van der Waals surface area (Å²) in [7, 11) is 0. The number of carbonyl (C=O) groups is 2. The normalized spacial score (nSPS) is 10.9. The van der Waals surface area contributed by atoms with Gasteiger partial charge in [-0.25, -0.2) is 0 Å². The van der Waals surface area contributed by atoms with Crippen LogP contribution in [0.3, 0.4) is 0 Å². The molecule has 302 valence electrons. The van der Waals surface area contributed by atoms with Crippen LogP contribution in [-0.2, 0) is 9.59 Å². The SMILES string of the molecule is CCCCCCCCCCCCCCCOc1ccc(OC(=O)CCCCOc2ccc(OC(=O)CCCCCCCCCCC)c(=O)cc2)c(=O)cc1. The second-order valence-corrected chi connectivity index (χ2v) is 14.5. The van der Waals surface area contributed by atoms with Gasteiger partial charge in [-0.1, -0.05) is 142 Å². The lowest BCUT2D eigenvalue weighted by molar-refractivity contribution is -0.135. The Morgan fingerprint density at radius 2 is 0.685 bits per heavy atom. The van der Waals surface area contributed by atoms with Gasteiger partial charge in [-0.2, -0.15) is 0 Å². The third kappa shape index (κ3) is 23.9. The van der Waals surface area contributed by atoms with Gasteiger partial charge in [-0.15, -0.1) is 0 Å². The van der Waals surface area contributed by atoms with E-state index in [1.807, 2.05) is 0 Å². The number of esters is 2. The summed E-state index contributed by atoms with van der Waals surface area (Å²) in [5.74, 6) is 0.0803. The van der Waals surface area contributed by atoms with E-state index in [1.54, 1.807) is 18.2 Å². The van der Waals surface area contributed by atoms with Crippen molar-refractivity contribution in [2.24, 2.45) is 0 Å². The van der Waals surface area contributed by atoms with Crippen LogP contribution in [0.4, 0.5) is 0 Å². The van der Waals surface area contributed by atoms with Crippen LogP contribution >= 0.6 is 0 Å². The summed E-state index contributed by atoms with van der Waals surface area (Å²) in [6.07, 6.45) is 28.6. The molecule has 8 heteroatoms. The number of unbranched alkanes of at least 4 members (excludes halogenated alkanes) is 21. The molecule has 0 radical (unpaired) electrons. The first kappa shape index (κ1) is 46.5. The molecule has 0 aromatic heterocycles. The molecular weight excluding hydrogens is 680 g/mol. The molecule has 0 bridgehead atoms. The zero-order valence-electron chi connectivity index (χ0n) is 33.7. The first-order chi connectivity index (χ1) is 26.4. The molecular formula is C46H70O8. The standard InChI is InChI=1S/C46H70O8/c1-3-5-7-9-11-13-14-15-16-18-20-22-25-37-51-39-29-33-42(48)44(35-31-39)54-46(50)28-24-26-38-52-40-30-34-41(47)43(36-32-40)53-45(49)27-23-21-19-17-12-10-8-6-4-2/h29-36H,3-28,37-38H2,1-2H3. The predicted octanol–water partition coefficient (Wildman–Crippen LogP) is 11.9. The fourth-order valence-electron chi connectivity index (χ4n) is 6.23. The van der Waals surface area contributed by atoms with Crippen molar-refractivity contribution in [3.05, 3.63) is 69.0 Å². The van der Waals surface area contributed by atoms with Crippen molar-refractivity contribution in [1.82, 2.24) is 0 Å². The van der Waals surface area contributed by atoms with Gasteiger partial charge in [-0.05, 0) is 74.2 Å². The second kappa shape index (κ2) is 31.6. The van der Waals surface area contributed by atoms with Gasteiger partial charge in [0.05, 0.1) is 13.2 Å². The van der Waals surface area contributed by atoms with Crippen molar-refractivity contribution >= 4 is 11.9 Å². The van der Waals surface area contributed by atoms with E-state index in [9.17, 15) is 19.2 Å². The molecule has 0 atom stereocenters. The quantitative estimate of drug-likeness (QED) is 0.0524. The largest absolute Gasteiger partial charge is 0.494 e. The third-order valence-electron chi connectivity index (χ3n) is 9.57. The molecule has 0 unspecified atom stereocenters. The van der Waals surface area contributed by atoms with Crippen molar-refractivity contribution in [3.63, 3.8) is 0 Å². The van der Waals surface area contributed by atoms with Gasteiger partial charge in [0.2, 0.25) is 10.9 Å². The molecule has 0 aliphatic carbocycles. The van der Waals surface area contributed by atoms with E-state index >= 15 is 0 Å². The van der Waals surface area contributed by atoms with Gasteiger partial charge >= 0.3 is 11.9 Å². The van der Waals surface area contributed by atoms with E-state index in [1.165, 1.54) is 139 Å². The Hall–Kier alpha value is -3.68. The zero-order chi connectivity index (χ0) is 38.9. The summed E-state index contributed by atoms with van der Waals surface area (Å²) < 4.78 is 22.3. The molecule has 0 saturated heterocycles. The maximum absolute atomic E-state index is 12.5. The highest BCUT2D eigenvalue weighted by Gasteiger charge is 2.10. The van der Waals surface area contributed by atoms with E-state index in [0.29, 0.717) is 37.6 Å². The van der Waals surface area contributed by atoms with Crippen LogP contribution < -0.4 is 29.8 Å². The molecule has 0 aliphatic heterocycles. The average Bonchev–Trinajstić information content (AvgIpc) is 3.45. The smallest absolute Gasteiger partial charge is 0.311 e. The lowest BCUT2D eigenvalue weighted by Gasteiger charge is -2.05. The maximum atomic E-state index is 12.5. The topological polar surface area (TPSA) is 105 Å². The van der Waals surface area contributed by atoms with Crippen LogP contribution in [0.2, 0.25) is 0 Å². The molecule has 2 aromatic carbocycles. The first-order valence-corrected chi connectivity index (χ1v) is 21.4. The fraction of sp³-hybridized carbons (Fsp3) is 0.652.